The summed E-state index contributed by atoms with van der Waals surface area (Å²) in [7, 11) is 1.80. The van der Waals surface area contributed by atoms with Crippen molar-refractivity contribution in [2.45, 2.75) is 26.3 Å². The number of halogens is 1. The molecule has 1 atom stereocenters. The highest BCUT2D eigenvalue weighted by Gasteiger charge is 2.20. The Kier molecular flexibility index (Phi) is 6.33. The van der Waals surface area contributed by atoms with Crippen LogP contribution in [-0.4, -0.2) is 33.4 Å². The van der Waals surface area contributed by atoms with Crippen molar-refractivity contribution in [1.29, 1.82) is 0 Å². The molecule has 1 fully saturated rings. The molecule has 0 bridgehead atoms. The molecule has 1 N–H and O–H groups in total. The Morgan fingerprint density at radius 1 is 1.45 bits per heavy atom. The van der Waals surface area contributed by atoms with Gasteiger partial charge in [0.1, 0.15) is 0 Å². The van der Waals surface area contributed by atoms with Gasteiger partial charge in [0, 0.05) is 36.9 Å². The zero-order valence-corrected chi connectivity index (χ0v) is 14.1. The fraction of sp³-hybridized carbons (Fsp3) is 0.625. The lowest BCUT2D eigenvalue weighted by atomic mass is 9.98. The molecule has 0 amide bonds. The van der Waals surface area contributed by atoms with Crippen LogP contribution < -0.4 is 10.2 Å². The van der Waals surface area contributed by atoms with Crippen LogP contribution in [0.15, 0.2) is 22.7 Å². The molecule has 1 aliphatic heterocycles. The molecule has 3 nitrogen and oxygen atoms in total. The Hall–Kier alpha value is -0.580. The lowest BCUT2D eigenvalue weighted by Crippen LogP contribution is -2.37. The van der Waals surface area contributed by atoms with Crippen LogP contribution in [0.25, 0.3) is 0 Å². The van der Waals surface area contributed by atoms with Gasteiger partial charge in [0.2, 0.25) is 0 Å². The number of nitrogens with one attached hydrogen (secondary N) is 1. The molecule has 1 heterocycles. The van der Waals surface area contributed by atoms with E-state index in [1.54, 1.807) is 7.11 Å². The Balaban J connectivity index is 2.03. The van der Waals surface area contributed by atoms with Crippen molar-refractivity contribution in [3.05, 3.63) is 28.2 Å². The van der Waals surface area contributed by atoms with Gasteiger partial charge in [0.25, 0.3) is 0 Å². The molecule has 20 heavy (non-hydrogen) atoms. The van der Waals surface area contributed by atoms with Crippen LogP contribution in [0.2, 0.25) is 0 Å². The SMILES string of the molecule is CCNCc1ccc(N2CCCC(COC)C2)cc1Br. The van der Waals surface area contributed by atoms with Gasteiger partial charge in [0.15, 0.2) is 0 Å². The Labute approximate surface area is 130 Å². The Morgan fingerprint density at radius 2 is 2.30 bits per heavy atom. The van der Waals surface area contributed by atoms with Crippen molar-refractivity contribution in [1.82, 2.24) is 5.32 Å². The minimum Gasteiger partial charge on any atom is -0.384 e. The van der Waals surface area contributed by atoms with Crippen molar-refractivity contribution in [3.8, 4) is 0 Å². The maximum atomic E-state index is 5.31. The number of hydrogen-bond acceptors (Lipinski definition) is 3. The average molecular weight is 341 g/mol. The first-order valence-corrected chi connectivity index (χ1v) is 8.27. The van der Waals surface area contributed by atoms with E-state index in [1.165, 1.54) is 28.6 Å². The molecule has 2 rings (SSSR count). The van der Waals surface area contributed by atoms with E-state index in [0.29, 0.717) is 5.92 Å². The second kappa shape index (κ2) is 8.01. The summed E-state index contributed by atoms with van der Waals surface area (Å²) in [4.78, 5) is 2.48. The number of ether oxygens (including phenoxy) is 1. The zero-order chi connectivity index (χ0) is 14.4. The highest BCUT2D eigenvalue weighted by Crippen LogP contribution is 2.28. The third-order valence-electron chi connectivity index (χ3n) is 3.89. The van der Waals surface area contributed by atoms with E-state index in [0.717, 1.165) is 32.8 Å². The van der Waals surface area contributed by atoms with Crippen LogP contribution in [0, 0.1) is 5.92 Å². The standard InChI is InChI=1S/C16H25BrN2O/c1-3-18-10-14-6-7-15(9-16(14)17)19-8-4-5-13(11-19)12-20-2/h6-7,9,13,18H,3-5,8,10-12H2,1-2H3. The van der Waals surface area contributed by atoms with Gasteiger partial charge in [0.05, 0.1) is 6.61 Å². The molecule has 0 saturated carbocycles. The van der Waals surface area contributed by atoms with Crippen molar-refractivity contribution >= 4 is 21.6 Å². The predicted octanol–water partition coefficient (Wildman–Crippen LogP) is 3.42. The lowest BCUT2D eigenvalue weighted by molar-refractivity contribution is 0.143. The van der Waals surface area contributed by atoms with Crippen molar-refractivity contribution in [3.63, 3.8) is 0 Å². The first-order valence-electron chi connectivity index (χ1n) is 7.47. The second-order valence-corrected chi connectivity index (χ2v) is 6.32. The molecule has 1 aliphatic rings. The maximum absolute atomic E-state index is 5.31. The summed E-state index contributed by atoms with van der Waals surface area (Å²) in [6, 6.07) is 6.72. The number of anilines is 1. The van der Waals surface area contributed by atoms with Gasteiger partial charge in [-0.05, 0) is 43.0 Å². The number of methoxy groups -OCH3 is 1. The topological polar surface area (TPSA) is 24.5 Å². The molecule has 112 valence electrons. The predicted molar refractivity (Wildman–Crippen MR) is 88.3 cm³/mol. The molecule has 1 unspecified atom stereocenters. The summed E-state index contributed by atoms with van der Waals surface area (Å²) in [5.41, 5.74) is 2.64. The lowest BCUT2D eigenvalue weighted by Gasteiger charge is -2.34. The van der Waals surface area contributed by atoms with Crippen LogP contribution in [0.5, 0.6) is 0 Å². The van der Waals surface area contributed by atoms with E-state index in [4.69, 9.17) is 4.74 Å². The van der Waals surface area contributed by atoms with Crippen molar-refractivity contribution < 1.29 is 4.74 Å². The fourth-order valence-corrected chi connectivity index (χ4v) is 3.31. The van der Waals surface area contributed by atoms with Gasteiger partial charge < -0.3 is 15.0 Å². The first-order chi connectivity index (χ1) is 9.74. The van der Waals surface area contributed by atoms with E-state index in [2.05, 4.69) is 51.3 Å². The van der Waals surface area contributed by atoms with E-state index < -0.39 is 0 Å². The molecular weight excluding hydrogens is 316 g/mol. The fourth-order valence-electron chi connectivity index (χ4n) is 2.81. The molecule has 0 aromatic heterocycles. The van der Waals surface area contributed by atoms with Crippen LogP contribution in [-0.2, 0) is 11.3 Å². The number of piperidine rings is 1. The quantitative estimate of drug-likeness (QED) is 0.858. The minimum atomic E-state index is 0.661. The third kappa shape index (κ3) is 4.21. The number of rotatable bonds is 6. The summed E-state index contributed by atoms with van der Waals surface area (Å²) in [6.07, 6.45) is 2.54. The second-order valence-electron chi connectivity index (χ2n) is 5.47. The maximum Gasteiger partial charge on any atom is 0.0507 e. The summed E-state index contributed by atoms with van der Waals surface area (Å²) in [6.45, 7) is 7.18. The van der Waals surface area contributed by atoms with Crippen LogP contribution in [0.4, 0.5) is 5.69 Å². The van der Waals surface area contributed by atoms with E-state index in [1.807, 2.05) is 0 Å². The molecule has 1 aromatic rings. The number of nitrogens with zero attached hydrogens (tertiary/aromatic N) is 1. The van der Waals surface area contributed by atoms with Crippen LogP contribution >= 0.6 is 15.9 Å². The van der Waals surface area contributed by atoms with Crippen LogP contribution in [0.1, 0.15) is 25.3 Å². The normalized spacial score (nSPS) is 19.4. The van der Waals surface area contributed by atoms with Gasteiger partial charge in [-0.25, -0.2) is 0 Å². The molecule has 0 spiro atoms. The van der Waals surface area contributed by atoms with Crippen molar-refractivity contribution in [2.75, 3.05) is 38.3 Å². The van der Waals surface area contributed by atoms with Gasteiger partial charge in [-0.2, -0.15) is 0 Å². The van der Waals surface area contributed by atoms with Gasteiger partial charge in [-0.15, -0.1) is 0 Å². The molecular formula is C16H25BrN2O. The monoisotopic (exact) mass is 340 g/mol. The van der Waals surface area contributed by atoms with Crippen molar-refractivity contribution in [2.24, 2.45) is 5.92 Å². The van der Waals surface area contributed by atoms with Gasteiger partial charge in [-0.3, -0.25) is 0 Å². The minimum absolute atomic E-state index is 0.661. The third-order valence-corrected chi connectivity index (χ3v) is 4.63. The zero-order valence-electron chi connectivity index (χ0n) is 12.5. The van der Waals surface area contributed by atoms with Gasteiger partial charge >= 0.3 is 0 Å². The molecule has 0 aliphatic carbocycles. The summed E-state index contributed by atoms with van der Waals surface area (Å²) >= 11 is 3.70. The summed E-state index contributed by atoms with van der Waals surface area (Å²) in [5.74, 6) is 0.661. The highest BCUT2D eigenvalue weighted by atomic mass is 79.9. The first kappa shape index (κ1) is 15.8. The molecule has 1 saturated heterocycles. The number of hydrogen-bond donors (Lipinski definition) is 1. The Bertz CT molecular complexity index is 423. The van der Waals surface area contributed by atoms with E-state index in [9.17, 15) is 0 Å². The van der Waals surface area contributed by atoms with E-state index >= 15 is 0 Å². The highest BCUT2D eigenvalue weighted by molar-refractivity contribution is 9.10. The van der Waals surface area contributed by atoms with E-state index in [-0.39, 0.29) is 0 Å². The summed E-state index contributed by atoms with van der Waals surface area (Å²) < 4.78 is 6.51. The molecule has 0 radical (unpaired) electrons. The average Bonchev–Trinajstić information content (AvgIpc) is 2.46. The number of benzene rings is 1. The smallest absolute Gasteiger partial charge is 0.0507 e. The van der Waals surface area contributed by atoms with Gasteiger partial charge in [-0.1, -0.05) is 28.9 Å². The molecule has 1 aromatic carbocycles. The largest absolute Gasteiger partial charge is 0.384 e. The van der Waals surface area contributed by atoms with Crippen LogP contribution in [0.3, 0.4) is 0 Å². The summed E-state index contributed by atoms with van der Waals surface area (Å²) in [5, 5.41) is 3.37. The Morgan fingerprint density at radius 3 is 3.00 bits per heavy atom. The molecule has 4 heteroatoms.